The first-order chi connectivity index (χ1) is 9.12. The quantitative estimate of drug-likeness (QED) is 0.391. The van der Waals surface area contributed by atoms with Gasteiger partial charge in [-0.1, -0.05) is 0 Å². The number of hydrogen-bond acceptors (Lipinski definition) is 6. The Labute approximate surface area is 133 Å². The van der Waals surface area contributed by atoms with Crippen molar-refractivity contribution in [2.24, 2.45) is 0 Å². The summed E-state index contributed by atoms with van der Waals surface area (Å²) in [5.74, 6) is 0. The second kappa shape index (κ2) is 6.27. The van der Waals surface area contributed by atoms with Crippen molar-refractivity contribution in [1.29, 1.82) is 0 Å². The van der Waals surface area contributed by atoms with Gasteiger partial charge in [0.15, 0.2) is 0 Å². The Morgan fingerprint density at radius 1 is 0.478 bits per heavy atom. The van der Waals surface area contributed by atoms with E-state index in [0.717, 1.165) is 0 Å². The summed E-state index contributed by atoms with van der Waals surface area (Å²) in [6.45, 7) is 0. The van der Waals surface area contributed by atoms with Crippen LogP contribution in [0.25, 0.3) is 0 Å². The monoisotopic (exact) mass is 419 g/mol. The number of alkyl halides is 9. The van der Waals surface area contributed by atoms with Gasteiger partial charge in [-0.05, 0) is 0 Å². The van der Waals surface area contributed by atoms with Crippen molar-refractivity contribution in [3.05, 3.63) is 0 Å². The standard InChI is InChI=1S/C4HF9O6S3.Li/c5-2(6,7)20(14,15)1(21(16,17)3(8,9)10)22(18,19)4(11,12)13;/h1H;/q;+1. The summed E-state index contributed by atoms with van der Waals surface area (Å²) >= 11 is 0. The first-order valence-electron chi connectivity index (χ1n) is 4.02. The molecule has 0 bridgehead atoms. The van der Waals surface area contributed by atoms with Gasteiger partial charge in [0.2, 0.25) is 0 Å². The Balaban J connectivity index is 0. The minimum Gasteiger partial charge on any atom is -0.217 e. The van der Waals surface area contributed by atoms with Crippen LogP contribution in [0.2, 0.25) is 0 Å². The Morgan fingerprint density at radius 3 is 0.696 bits per heavy atom. The second-order valence-electron chi connectivity index (χ2n) is 3.26. The molecule has 0 aromatic carbocycles. The molecule has 0 fully saturated rings. The van der Waals surface area contributed by atoms with Crippen LogP contribution in [0.5, 0.6) is 0 Å². The van der Waals surface area contributed by atoms with Crippen molar-refractivity contribution in [3.8, 4) is 0 Å². The van der Waals surface area contributed by atoms with Crippen molar-refractivity contribution in [2.75, 3.05) is 0 Å². The van der Waals surface area contributed by atoms with Gasteiger partial charge in [-0.25, -0.2) is 25.3 Å². The van der Waals surface area contributed by atoms with Crippen molar-refractivity contribution in [2.45, 2.75) is 20.4 Å². The molecule has 0 aromatic heterocycles. The molecule has 6 nitrogen and oxygen atoms in total. The van der Waals surface area contributed by atoms with Crippen molar-refractivity contribution >= 4 is 29.5 Å². The van der Waals surface area contributed by atoms with Gasteiger partial charge in [-0.2, -0.15) is 39.5 Å². The third-order valence-corrected chi connectivity index (χ3v) is 9.74. The molecular weight excluding hydrogens is 418 g/mol. The Hall–Kier alpha value is -0.183. The zero-order chi connectivity index (χ0) is 18.6. The fourth-order valence-electron chi connectivity index (χ4n) is 0.828. The molecular formula is C4HF9LiO6S3+. The molecule has 0 aliphatic heterocycles. The van der Waals surface area contributed by atoms with Gasteiger partial charge in [0, 0.05) is 0 Å². The van der Waals surface area contributed by atoms with Crippen molar-refractivity contribution in [3.63, 3.8) is 0 Å². The molecule has 134 valence electrons. The SMILES string of the molecule is O=S(=O)(C(S(=O)(=O)C(F)(F)F)S(=O)(=O)C(F)(F)F)C(F)(F)F.[Li+]. The maximum Gasteiger partial charge on any atom is 1.00 e. The minimum atomic E-state index is -7.94. The topological polar surface area (TPSA) is 102 Å². The van der Waals surface area contributed by atoms with Crippen LogP contribution < -0.4 is 18.9 Å². The van der Waals surface area contributed by atoms with E-state index in [2.05, 4.69) is 0 Å². The number of sulfone groups is 3. The van der Waals surface area contributed by atoms with Gasteiger partial charge in [-0.15, -0.1) is 0 Å². The molecule has 23 heavy (non-hydrogen) atoms. The molecule has 0 aromatic rings. The molecule has 0 N–H and O–H groups in total. The summed E-state index contributed by atoms with van der Waals surface area (Å²) in [5, 5.41) is 0. The minimum absolute atomic E-state index is 0. The molecule has 0 saturated heterocycles. The van der Waals surface area contributed by atoms with Gasteiger partial charge in [0.05, 0.1) is 0 Å². The first-order valence-corrected chi connectivity index (χ1v) is 8.66. The van der Waals surface area contributed by atoms with Crippen LogP contribution in [0.1, 0.15) is 0 Å². The largest absolute Gasteiger partial charge is 1.00 e. The van der Waals surface area contributed by atoms with E-state index in [1.165, 1.54) is 0 Å². The molecule has 0 aliphatic rings. The number of halogens is 9. The fraction of sp³-hybridized carbons (Fsp3) is 1.00. The van der Waals surface area contributed by atoms with Crippen molar-refractivity contribution < 1.29 is 83.6 Å². The van der Waals surface area contributed by atoms with Gasteiger partial charge >= 0.3 is 35.4 Å². The van der Waals surface area contributed by atoms with Gasteiger partial charge in [-0.3, -0.25) is 0 Å². The predicted octanol–water partition coefficient (Wildman–Crippen LogP) is -1.92. The summed E-state index contributed by atoms with van der Waals surface area (Å²) in [6, 6.07) is 0. The van der Waals surface area contributed by atoms with E-state index in [1.807, 2.05) is 0 Å². The molecule has 0 saturated carbocycles. The Bertz CT molecular complexity index is 634. The molecule has 0 radical (unpaired) electrons. The maximum atomic E-state index is 12.1. The molecule has 0 aliphatic carbocycles. The predicted molar refractivity (Wildman–Crippen MR) is 48.7 cm³/mol. The summed E-state index contributed by atoms with van der Waals surface area (Å²) in [4.78, 5) is 0. The summed E-state index contributed by atoms with van der Waals surface area (Å²) in [6.07, 6.45) is 0. The Morgan fingerprint density at radius 2 is 0.609 bits per heavy atom. The molecule has 0 unspecified atom stereocenters. The van der Waals surface area contributed by atoms with Crippen LogP contribution >= 0.6 is 0 Å². The van der Waals surface area contributed by atoms with E-state index in [0.29, 0.717) is 0 Å². The van der Waals surface area contributed by atoms with Crippen LogP contribution in [0.3, 0.4) is 0 Å². The van der Waals surface area contributed by atoms with Crippen LogP contribution in [0.15, 0.2) is 0 Å². The van der Waals surface area contributed by atoms with Gasteiger partial charge in [0.25, 0.3) is 33.4 Å². The van der Waals surface area contributed by atoms with Gasteiger partial charge < -0.3 is 0 Å². The summed E-state index contributed by atoms with van der Waals surface area (Å²) in [5.41, 5.74) is -21.1. The maximum absolute atomic E-state index is 12.1. The number of rotatable bonds is 3. The van der Waals surface area contributed by atoms with Crippen LogP contribution in [0.4, 0.5) is 39.5 Å². The van der Waals surface area contributed by atoms with Crippen LogP contribution in [-0.2, 0) is 29.5 Å². The van der Waals surface area contributed by atoms with E-state index in [-0.39, 0.29) is 18.9 Å². The van der Waals surface area contributed by atoms with E-state index in [9.17, 15) is 64.8 Å². The molecule has 0 heterocycles. The van der Waals surface area contributed by atoms with Crippen LogP contribution in [-0.4, -0.2) is 45.7 Å². The average Bonchev–Trinajstić information content (AvgIpc) is 2.09. The zero-order valence-corrected chi connectivity index (χ0v) is 12.6. The molecule has 0 amide bonds. The summed E-state index contributed by atoms with van der Waals surface area (Å²) in [7, 11) is -23.8. The second-order valence-corrected chi connectivity index (χ2v) is 10.2. The fourth-order valence-corrected chi connectivity index (χ4v) is 7.45. The van der Waals surface area contributed by atoms with E-state index in [1.54, 1.807) is 0 Å². The van der Waals surface area contributed by atoms with E-state index in [4.69, 9.17) is 0 Å². The van der Waals surface area contributed by atoms with Crippen LogP contribution in [0, 0.1) is 0 Å². The van der Waals surface area contributed by atoms with E-state index >= 15 is 0 Å². The van der Waals surface area contributed by atoms with Gasteiger partial charge in [0.1, 0.15) is 0 Å². The van der Waals surface area contributed by atoms with E-state index < -0.39 is 50.0 Å². The number of hydrogen-bond donors (Lipinski definition) is 0. The summed E-state index contributed by atoms with van der Waals surface area (Å²) < 4.78 is 167. The van der Waals surface area contributed by atoms with Crippen molar-refractivity contribution in [1.82, 2.24) is 0 Å². The smallest absolute Gasteiger partial charge is 0.217 e. The molecule has 0 spiro atoms. The first kappa shape index (κ1) is 25.1. The third kappa shape index (κ3) is 4.27. The Kier molecular flexibility index (Phi) is 6.84. The zero-order valence-electron chi connectivity index (χ0n) is 10.2. The average molecular weight is 419 g/mol. The third-order valence-electron chi connectivity index (χ3n) is 1.73. The molecule has 0 atom stereocenters. The molecule has 19 heteroatoms. The molecule has 0 rings (SSSR count). The normalized spacial score (nSPS) is 15.4.